The molecule has 0 aromatic carbocycles. The van der Waals surface area contributed by atoms with E-state index in [1.54, 1.807) is 0 Å². The molecule has 0 spiro atoms. The first-order valence-corrected chi connectivity index (χ1v) is 6.49. The molecule has 3 atom stereocenters. The van der Waals surface area contributed by atoms with Crippen molar-refractivity contribution in [2.75, 3.05) is 6.54 Å². The molecule has 2 saturated heterocycles. The zero-order valence-corrected chi connectivity index (χ0v) is 11.5. The minimum atomic E-state index is -0.855. The van der Waals surface area contributed by atoms with Crippen LogP contribution < -0.4 is 0 Å². The highest BCUT2D eigenvalue weighted by Crippen LogP contribution is 2.42. The van der Waals surface area contributed by atoms with E-state index in [1.807, 2.05) is 32.6 Å². The largest absolute Gasteiger partial charge is 0.480 e. The van der Waals surface area contributed by atoms with E-state index in [9.17, 15) is 15.0 Å². The van der Waals surface area contributed by atoms with Crippen molar-refractivity contribution in [1.29, 1.82) is 0 Å². The maximum atomic E-state index is 11.3. The summed E-state index contributed by atoms with van der Waals surface area (Å²) in [6.45, 7) is 8.46. The zero-order valence-electron chi connectivity index (χ0n) is 11.5. The molecule has 18 heavy (non-hydrogen) atoms. The Bertz CT molecular complexity index is 353. The predicted molar refractivity (Wildman–Crippen MR) is 66.4 cm³/mol. The van der Waals surface area contributed by atoms with E-state index in [0.29, 0.717) is 13.0 Å². The molecule has 5 heteroatoms. The Labute approximate surface area is 108 Å². The van der Waals surface area contributed by atoms with Crippen LogP contribution in [0.1, 0.15) is 40.5 Å². The van der Waals surface area contributed by atoms with Gasteiger partial charge in [0, 0.05) is 19.0 Å². The van der Waals surface area contributed by atoms with Crippen molar-refractivity contribution < 1.29 is 19.7 Å². The lowest BCUT2D eigenvalue weighted by molar-refractivity contribution is -0.144. The van der Waals surface area contributed by atoms with Crippen molar-refractivity contribution in [1.82, 2.24) is 4.90 Å². The predicted octanol–water partition coefficient (Wildman–Crippen LogP) is 0.852. The van der Waals surface area contributed by atoms with E-state index in [2.05, 4.69) is 0 Å². The summed E-state index contributed by atoms with van der Waals surface area (Å²) in [7, 11) is 0. The van der Waals surface area contributed by atoms with Crippen LogP contribution >= 0.6 is 0 Å². The van der Waals surface area contributed by atoms with Crippen LogP contribution in [0, 0.1) is 0 Å². The van der Waals surface area contributed by atoms with E-state index in [0.717, 1.165) is 6.42 Å². The second-order valence-corrected chi connectivity index (χ2v) is 6.63. The molecular weight excluding hydrogens is 234 g/mol. The van der Waals surface area contributed by atoms with Gasteiger partial charge in [-0.05, 0) is 34.1 Å². The van der Waals surface area contributed by atoms with Crippen LogP contribution in [0.25, 0.3) is 0 Å². The number of nitrogens with zero attached hydrogens (tertiary/aromatic N) is 1. The van der Waals surface area contributed by atoms with Crippen LogP contribution in [0.3, 0.4) is 0 Å². The first-order valence-electron chi connectivity index (χ1n) is 6.49. The summed E-state index contributed by atoms with van der Waals surface area (Å²) in [5, 5.41) is 19.0. The fourth-order valence-corrected chi connectivity index (χ4v) is 3.48. The minimum Gasteiger partial charge on any atom is -0.480 e. The van der Waals surface area contributed by atoms with Crippen molar-refractivity contribution in [2.24, 2.45) is 0 Å². The summed E-state index contributed by atoms with van der Waals surface area (Å²) in [4.78, 5) is 13.2. The van der Waals surface area contributed by atoms with Crippen LogP contribution in [0.2, 0.25) is 0 Å². The molecule has 0 bridgehead atoms. The summed E-state index contributed by atoms with van der Waals surface area (Å²) in [6.07, 6.45) is 0.546. The Morgan fingerprint density at radius 2 is 1.94 bits per heavy atom. The molecule has 2 heterocycles. The molecule has 3 unspecified atom stereocenters. The van der Waals surface area contributed by atoms with Gasteiger partial charge in [0.05, 0.1) is 17.3 Å². The van der Waals surface area contributed by atoms with Crippen LogP contribution in [-0.4, -0.2) is 57.0 Å². The molecule has 0 amide bonds. The minimum absolute atomic E-state index is 0.0331. The van der Waals surface area contributed by atoms with Gasteiger partial charge >= 0.3 is 5.97 Å². The maximum Gasteiger partial charge on any atom is 0.321 e. The van der Waals surface area contributed by atoms with Crippen LogP contribution in [0.4, 0.5) is 0 Å². The number of hydrogen-bond acceptors (Lipinski definition) is 4. The standard InChI is InChI=1S/C13H23NO4/c1-12(2)6-10(13(3,4)18-12)14-7-8(15)5-9(14)11(16)17/h8-10,15H,5-7H2,1-4H3,(H,16,17). The SMILES string of the molecule is CC1(C)CC(N2CC(O)CC2C(=O)O)C(C)(C)O1. The van der Waals surface area contributed by atoms with Crippen molar-refractivity contribution in [3.05, 3.63) is 0 Å². The first-order chi connectivity index (χ1) is 8.12. The molecule has 2 fully saturated rings. The highest BCUT2D eigenvalue weighted by molar-refractivity contribution is 5.74. The van der Waals surface area contributed by atoms with E-state index in [4.69, 9.17) is 4.74 Å². The number of carbonyl (C=O) groups is 1. The van der Waals surface area contributed by atoms with Gasteiger partial charge in [0.2, 0.25) is 0 Å². The van der Waals surface area contributed by atoms with Crippen molar-refractivity contribution in [2.45, 2.75) is 69.9 Å². The van der Waals surface area contributed by atoms with Crippen LogP contribution in [0.15, 0.2) is 0 Å². The van der Waals surface area contributed by atoms with Crippen molar-refractivity contribution in [3.8, 4) is 0 Å². The van der Waals surface area contributed by atoms with Gasteiger partial charge in [0.25, 0.3) is 0 Å². The third-order valence-corrected chi connectivity index (χ3v) is 4.03. The Kier molecular flexibility index (Phi) is 3.20. The molecule has 0 saturated carbocycles. The average Bonchev–Trinajstić information content (AvgIpc) is 2.63. The number of carboxylic acid groups (broad SMARTS) is 1. The van der Waals surface area contributed by atoms with E-state index in [-0.39, 0.29) is 17.2 Å². The normalized spacial score (nSPS) is 39.1. The number of carboxylic acids is 1. The molecule has 104 valence electrons. The van der Waals surface area contributed by atoms with Gasteiger partial charge in [-0.25, -0.2) is 0 Å². The molecule has 0 aromatic rings. The van der Waals surface area contributed by atoms with E-state index in [1.165, 1.54) is 0 Å². The number of likely N-dealkylation sites (tertiary alicyclic amines) is 1. The van der Waals surface area contributed by atoms with Crippen molar-refractivity contribution in [3.63, 3.8) is 0 Å². The van der Waals surface area contributed by atoms with Crippen molar-refractivity contribution >= 4 is 5.97 Å². The summed E-state index contributed by atoms with van der Waals surface area (Å²) in [5.41, 5.74) is -0.633. The number of hydrogen-bond donors (Lipinski definition) is 2. The third kappa shape index (κ3) is 2.39. The second-order valence-electron chi connectivity index (χ2n) is 6.63. The smallest absolute Gasteiger partial charge is 0.321 e. The van der Waals surface area contributed by atoms with Gasteiger partial charge in [0.1, 0.15) is 6.04 Å². The van der Waals surface area contributed by atoms with Crippen LogP contribution in [0.5, 0.6) is 0 Å². The Hall–Kier alpha value is -0.650. The lowest BCUT2D eigenvalue weighted by Crippen LogP contribution is -2.51. The Morgan fingerprint density at radius 3 is 2.39 bits per heavy atom. The lowest BCUT2D eigenvalue weighted by atomic mass is 9.92. The van der Waals surface area contributed by atoms with Gasteiger partial charge in [-0.2, -0.15) is 0 Å². The molecule has 0 aliphatic carbocycles. The number of β-amino-alcohol motifs (C(OH)–C–C–N with tert-alkyl or cyclic N) is 1. The fourth-order valence-electron chi connectivity index (χ4n) is 3.48. The van der Waals surface area contributed by atoms with Crippen LogP contribution in [-0.2, 0) is 9.53 Å². The number of aliphatic hydroxyl groups excluding tert-OH is 1. The monoisotopic (exact) mass is 257 g/mol. The molecular formula is C13H23NO4. The number of aliphatic carboxylic acids is 1. The Morgan fingerprint density at radius 1 is 1.33 bits per heavy atom. The molecule has 2 rings (SSSR count). The lowest BCUT2D eigenvalue weighted by Gasteiger charge is -2.35. The van der Waals surface area contributed by atoms with E-state index >= 15 is 0 Å². The number of rotatable bonds is 2. The molecule has 0 radical (unpaired) electrons. The zero-order chi connectivity index (χ0) is 13.7. The average molecular weight is 257 g/mol. The number of aliphatic hydroxyl groups is 1. The fraction of sp³-hybridized carbons (Fsp3) is 0.923. The summed E-state index contributed by atoms with van der Waals surface area (Å²) >= 11 is 0. The highest BCUT2D eigenvalue weighted by atomic mass is 16.5. The topological polar surface area (TPSA) is 70.0 Å². The molecule has 2 aliphatic rings. The first kappa shape index (κ1) is 13.8. The summed E-state index contributed by atoms with van der Waals surface area (Å²) in [5.74, 6) is -0.855. The molecule has 0 aromatic heterocycles. The highest BCUT2D eigenvalue weighted by Gasteiger charge is 2.52. The van der Waals surface area contributed by atoms with Gasteiger partial charge in [-0.15, -0.1) is 0 Å². The van der Waals surface area contributed by atoms with Gasteiger partial charge < -0.3 is 14.9 Å². The van der Waals surface area contributed by atoms with Gasteiger partial charge in [-0.3, -0.25) is 9.69 Å². The molecule has 2 aliphatic heterocycles. The summed E-state index contributed by atoms with van der Waals surface area (Å²) in [6, 6.07) is -0.562. The maximum absolute atomic E-state index is 11.3. The van der Waals surface area contributed by atoms with Gasteiger partial charge in [-0.1, -0.05) is 0 Å². The van der Waals surface area contributed by atoms with Gasteiger partial charge in [0.15, 0.2) is 0 Å². The summed E-state index contributed by atoms with van der Waals surface area (Å²) < 4.78 is 6.01. The Balaban J connectivity index is 2.23. The quantitative estimate of drug-likeness (QED) is 0.767. The second kappa shape index (κ2) is 4.18. The molecule has 5 nitrogen and oxygen atoms in total. The number of ether oxygens (including phenoxy) is 1. The molecule has 2 N–H and O–H groups in total. The van der Waals surface area contributed by atoms with E-state index < -0.39 is 18.1 Å². The third-order valence-electron chi connectivity index (χ3n) is 4.03.